The van der Waals surface area contributed by atoms with Crippen molar-refractivity contribution in [3.63, 3.8) is 0 Å². The van der Waals surface area contributed by atoms with Crippen LogP contribution in [0.25, 0.3) is 0 Å². The largest absolute Gasteiger partial charge is 0.327 e. The van der Waals surface area contributed by atoms with Crippen LogP contribution < -0.4 is 5.73 Å². The number of nitrogens with two attached hydrogens (primary N) is 1. The molecule has 1 aliphatic rings. The predicted molar refractivity (Wildman–Crippen MR) is 80.4 cm³/mol. The third-order valence-corrected chi connectivity index (χ3v) is 4.38. The predicted octanol–water partition coefficient (Wildman–Crippen LogP) is 4.15. The summed E-state index contributed by atoms with van der Waals surface area (Å²) in [6.45, 7) is 0. The first-order chi connectivity index (χ1) is 9.65. The molecular formula is C17H17ClFN. The van der Waals surface area contributed by atoms with Gasteiger partial charge >= 0.3 is 0 Å². The van der Waals surface area contributed by atoms with Crippen LogP contribution in [0.15, 0.2) is 48.5 Å². The van der Waals surface area contributed by atoms with Crippen LogP contribution >= 0.6 is 11.6 Å². The summed E-state index contributed by atoms with van der Waals surface area (Å²) in [4.78, 5) is 0. The molecule has 1 fully saturated rings. The molecule has 0 spiro atoms. The third-order valence-electron chi connectivity index (χ3n) is 4.07. The van der Waals surface area contributed by atoms with Crippen LogP contribution in [0.5, 0.6) is 0 Å². The van der Waals surface area contributed by atoms with Gasteiger partial charge in [-0.2, -0.15) is 0 Å². The average molecular weight is 290 g/mol. The Morgan fingerprint density at radius 2 is 1.95 bits per heavy atom. The summed E-state index contributed by atoms with van der Waals surface area (Å²) >= 11 is 5.69. The highest BCUT2D eigenvalue weighted by molar-refractivity contribution is 6.30. The van der Waals surface area contributed by atoms with Crippen molar-refractivity contribution in [1.82, 2.24) is 0 Å². The molecule has 0 saturated heterocycles. The van der Waals surface area contributed by atoms with Crippen molar-refractivity contribution in [3.05, 3.63) is 70.5 Å². The van der Waals surface area contributed by atoms with E-state index in [1.807, 2.05) is 12.1 Å². The molecular weight excluding hydrogens is 273 g/mol. The monoisotopic (exact) mass is 289 g/mol. The molecule has 3 unspecified atom stereocenters. The Labute approximate surface area is 123 Å². The van der Waals surface area contributed by atoms with E-state index in [2.05, 4.69) is 24.3 Å². The molecule has 0 bridgehead atoms. The molecule has 20 heavy (non-hydrogen) atoms. The first-order valence-electron chi connectivity index (χ1n) is 6.89. The van der Waals surface area contributed by atoms with Crippen LogP contribution in [0.4, 0.5) is 4.39 Å². The second-order valence-corrected chi connectivity index (χ2v) is 5.94. The lowest BCUT2D eigenvalue weighted by Crippen LogP contribution is -2.26. The smallest absolute Gasteiger partial charge is 0.142 e. The Hall–Kier alpha value is -1.38. The Morgan fingerprint density at radius 1 is 1.20 bits per heavy atom. The lowest BCUT2D eigenvalue weighted by atomic mass is 9.99. The lowest BCUT2D eigenvalue weighted by Gasteiger charge is -2.12. The lowest BCUT2D eigenvalue weighted by molar-refractivity contribution is 0.572. The number of benzene rings is 2. The minimum atomic E-state index is -0.369. The van der Waals surface area contributed by atoms with Gasteiger partial charge in [0.05, 0.1) is 5.02 Å². The van der Waals surface area contributed by atoms with Crippen LogP contribution in [0.3, 0.4) is 0 Å². The van der Waals surface area contributed by atoms with Gasteiger partial charge in [0.15, 0.2) is 0 Å². The van der Waals surface area contributed by atoms with Gasteiger partial charge in [-0.3, -0.25) is 0 Å². The third kappa shape index (κ3) is 2.87. The van der Waals surface area contributed by atoms with Crippen molar-refractivity contribution >= 4 is 11.6 Å². The zero-order valence-electron chi connectivity index (χ0n) is 11.1. The minimum absolute atomic E-state index is 0.0702. The molecule has 0 radical (unpaired) electrons. The van der Waals surface area contributed by atoms with Gasteiger partial charge in [0, 0.05) is 6.04 Å². The zero-order chi connectivity index (χ0) is 14.1. The summed E-state index contributed by atoms with van der Waals surface area (Å²) in [7, 11) is 0. The van der Waals surface area contributed by atoms with Crippen molar-refractivity contribution in [2.75, 3.05) is 0 Å². The maximum absolute atomic E-state index is 13.4. The summed E-state index contributed by atoms with van der Waals surface area (Å²) in [5.74, 6) is 0.686. The molecule has 3 rings (SSSR count). The molecule has 2 aromatic carbocycles. The molecule has 1 nitrogen and oxygen atoms in total. The van der Waals surface area contributed by atoms with Gasteiger partial charge < -0.3 is 5.73 Å². The SMILES string of the molecule is NC(Cc1ccc(Cl)c(F)c1)C1CC1c1ccccc1. The molecule has 3 atom stereocenters. The molecule has 104 valence electrons. The van der Waals surface area contributed by atoms with Crippen LogP contribution in [-0.4, -0.2) is 6.04 Å². The number of halogens is 2. The van der Waals surface area contributed by atoms with Gasteiger partial charge in [0.25, 0.3) is 0 Å². The summed E-state index contributed by atoms with van der Waals surface area (Å²) in [6.07, 6.45) is 1.82. The molecule has 0 aliphatic heterocycles. The molecule has 0 heterocycles. The van der Waals surface area contributed by atoms with Gasteiger partial charge in [0.1, 0.15) is 5.82 Å². The van der Waals surface area contributed by atoms with Gasteiger partial charge in [-0.25, -0.2) is 4.39 Å². The van der Waals surface area contributed by atoms with Crippen molar-refractivity contribution in [3.8, 4) is 0 Å². The van der Waals surface area contributed by atoms with Crippen molar-refractivity contribution in [1.29, 1.82) is 0 Å². The van der Waals surface area contributed by atoms with E-state index < -0.39 is 0 Å². The van der Waals surface area contributed by atoms with Crippen LogP contribution in [0.1, 0.15) is 23.5 Å². The van der Waals surface area contributed by atoms with E-state index in [9.17, 15) is 4.39 Å². The van der Waals surface area contributed by atoms with Crippen molar-refractivity contribution in [2.24, 2.45) is 11.7 Å². The quantitative estimate of drug-likeness (QED) is 0.899. The Morgan fingerprint density at radius 3 is 2.65 bits per heavy atom. The average Bonchev–Trinajstić information content (AvgIpc) is 3.24. The fourth-order valence-electron chi connectivity index (χ4n) is 2.86. The molecule has 1 saturated carbocycles. The van der Waals surface area contributed by atoms with E-state index in [0.29, 0.717) is 18.3 Å². The van der Waals surface area contributed by atoms with Gasteiger partial charge in [-0.05, 0) is 47.9 Å². The van der Waals surface area contributed by atoms with Gasteiger partial charge in [0.2, 0.25) is 0 Å². The van der Waals surface area contributed by atoms with E-state index in [4.69, 9.17) is 17.3 Å². The second kappa shape index (κ2) is 5.55. The number of hydrogen-bond donors (Lipinski definition) is 1. The van der Waals surface area contributed by atoms with E-state index in [-0.39, 0.29) is 16.9 Å². The fourth-order valence-corrected chi connectivity index (χ4v) is 2.98. The Balaban J connectivity index is 1.63. The van der Waals surface area contributed by atoms with Gasteiger partial charge in [-0.15, -0.1) is 0 Å². The Bertz CT molecular complexity index is 599. The van der Waals surface area contributed by atoms with Gasteiger partial charge in [-0.1, -0.05) is 48.0 Å². The van der Waals surface area contributed by atoms with E-state index in [1.165, 1.54) is 11.6 Å². The van der Waals surface area contributed by atoms with Crippen LogP contribution in [0.2, 0.25) is 5.02 Å². The van der Waals surface area contributed by atoms with E-state index in [1.54, 1.807) is 6.07 Å². The minimum Gasteiger partial charge on any atom is -0.327 e. The fraction of sp³-hybridized carbons (Fsp3) is 0.294. The topological polar surface area (TPSA) is 26.0 Å². The molecule has 1 aliphatic carbocycles. The van der Waals surface area contributed by atoms with E-state index in [0.717, 1.165) is 12.0 Å². The highest BCUT2D eigenvalue weighted by Crippen LogP contribution is 2.49. The molecule has 2 N–H and O–H groups in total. The molecule has 0 aromatic heterocycles. The van der Waals surface area contributed by atoms with Crippen molar-refractivity contribution < 1.29 is 4.39 Å². The number of rotatable bonds is 4. The summed E-state index contributed by atoms with van der Waals surface area (Å²) < 4.78 is 13.4. The maximum atomic E-state index is 13.4. The van der Waals surface area contributed by atoms with Crippen LogP contribution in [-0.2, 0) is 6.42 Å². The normalized spacial score (nSPS) is 22.6. The van der Waals surface area contributed by atoms with Crippen LogP contribution in [0, 0.1) is 11.7 Å². The van der Waals surface area contributed by atoms with Crippen molar-refractivity contribution in [2.45, 2.75) is 24.8 Å². The molecule has 3 heteroatoms. The Kier molecular flexibility index (Phi) is 3.77. The maximum Gasteiger partial charge on any atom is 0.142 e. The first kappa shape index (κ1) is 13.6. The highest BCUT2D eigenvalue weighted by Gasteiger charge is 2.42. The summed E-state index contributed by atoms with van der Waals surface area (Å²) in [6, 6.07) is 15.5. The summed E-state index contributed by atoms with van der Waals surface area (Å²) in [5, 5.41) is 0.163. The van der Waals surface area contributed by atoms with E-state index >= 15 is 0 Å². The highest BCUT2D eigenvalue weighted by atomic mass is 35.5. The molecule has 2 aromatic rings. The summed E-state index contributed by atoms with van der Waals surface area (Å²) in [5.41, 5.74) is 8.54. The standard InChI is InChI=1S/C17H17ClFN/c18-15-7-6-11(8-16(15)19)9-17(20)14-10-13(14)12-4-2-1-3-5-12/h1-8,13-14,17H,9-10,20H2. The number of hydrogen-bond acceptors (Lipinski definition) is 1. The molecule has 0 amide bonds. The first-order valence-corrected chi connectivity index (χ1v) is 7.27. The second-order valence-electron chi connectivity index (χ2n) is 5.53. The zero-order valence-corrected chi connectivity index (χ0v) is 11.9.